The molecule has 0 unspecified atom stereocenters. The molecule has 0 fully saturated rings. The number of hydrogen-bond donors (Lipinski definition) is 1. The number of nitrogens with two attached hydrogens (primary N) is 1. The summed E-state index contributed by atoms with van der Waals surface area (Å²) >= 11 is 0. The van der Waals surface area contributed by atoms with Crippen LogP contribution in [0, 0.1) is 5.82 Å². The minimum atomic E-state index is -0.434. The standard InChI is InChI=1S/C9H11FN2O/c1-6(12-11)7-4-3-5-8(13-2)9(7)10/h3-5H,11H2,1-2H3/b12-6-. The van der Waals surface area contributed by atoms with Crippen LogP contribution >= 0.6 is 0 Å². The van der Waals surface area contributed by atoms with Crippen molar-refractivity contribution >= 4 is 5.71 Å². The highest BCUT2D eigenvalue weighted by Crippen LogP contribution is 2.20. The van der Waals surface area contributed by atoms with E-state index >= 15 is 0 Å². The van der Waals surface area contributed by atoms with Crippen LogP contribution in [0.15, 0.2) is 23.3 Å². The average Bonchev–Trinajstić information content (AvgIpc) is 2.17. The normalized spacial score (nSPS) is 11.5. The SMILES string of the molecule is COc1cccc(/C(C)=N\N)c1F. The van der Waals surface area contributed by atoms with E-state index in [0.29, 0.717) is 11.3 Å². The molecule has 13 heavy (non-hydrogen) atoms. The van der Waals surface area contributed by atoms with Crippen molar-refractivity contribution in [1.82, 2.24) is 0 Å². The fourth-order valence-corrected chi connectivity index (χ4v) is 1.02. The molecule has 0 spiro atoms. The molecule has 1 aromatic carbocycles. The summed E-state index contributed by atoms with van der Waals surface area (Å²) in [6.45, 7) is 1.64. The van der Waals surface area contributed by atoms with E-state index in [1.165, 1.54) is 7.11 Å². The van der Waals surface area contributed by atoms with Crippen molar-refractivity contribution in [3.8, 4) is 5.75 Å². The van der Waals surface area contributed by atoms with E-state index in [9.17, 15) is 4.39 Å². The number of rotatable bonds is 2. The molecule has 0 amide bonds. The summed E-state index contributed by atoms with van der Waals surface area (Å²) in [7, 11) is 1.41. The number of hydrogen-bond acceptors (Lipinski definition) is 3. The van der Waals surface area contributed by atoms with Crippen molar-refractivity contribution in [2.45, 2.75) is 6.92 Å². The Labute approximate surface area is 76.0 Å². The maximum absolute atomic E-state index is 13.4. The van der Waals surface area contributed by atoms with Gasteiger partial charge < -0.3 is 10.6 Å². The number of benzene rings is 1. The van der Waals surface area contributed by atoms with Gasteiger partial charge in [0.25, 0.3) is 0 Å². The van der Waals surface area contributed by atoms with Gasteiger partial charge >= 0.3 is 0 Å². The zero-order valence-corrected chi connectivity index (χ0v) is 7.54. The zero-order valence-electron chi connectivity index (χ0n) is 7.54. The average molecular weight is 182 g/mol. The van der Waals surface area contributed by atoms with E-state index in [1.54, 1.807) is 25.1 Å². The Morgan fingerprint density at radius 3 is 2.77 bits per heavy atom. The first-order valence-electron chi connectivity index (χ1n) is 3.78. The highest BCUT2D eigenvalue weighted by atomic mass is 19.1. The Kier molecular flexibility index (Phi) is 2.84. The summed E-state index contributed by atoms with van der Waals surface area (Å²) in [4.78, 5) is 0. The second-order valence-electron chi connectivity index (χ2n) is 2.54. The first-order chi connectivity index (χ1) is 6.20. The zero-order chi connectivity index (χ0) is 9.84. The predicted molar refractivity (Wildman–Crippen MR) is 49.4 cm³/mol. The van der Waals surface area contributed by atoms with Crippen LogP contribution in [0.1, 0.15) is 12.5 Å². The Morgan fingerprint density at radius 1 is 1.54 bits per heavy atom. The molecule has 0 bridgehead atoms. The van der Waals surface area contributed by atoms with Crippen LogP contribution in [-0.4, -0.2) is 12.8 Å². The molecule has 70 valence electrons. The molecule has 0 aliphatic heterocycles. The third kappa shape index (κ3) is 1.77. The number of ether oxygens (including phenoxy) is 1. The third-order valence-corrected chi connectivity index (χ3v) is 1.77. The lowest BCUT2D eigenvalue weighted by atomic mass is 10.1. The summed E-state index contributed by atoms with van der Waals surface area (Å²) < 4.78 is 18.3. The Morgan fingerprint density at radius 2 is 2.23 bits per heavy atom. The largest absolute Gasteiger partial charge is 0.494 e. The van der Waals surface area contributed by atoms with Crippen LogP contribution in [0.25, 0.3) is 0 Å². The van der Waals surface area contributed by atoms with Crippen molar-refractivity contribution < 1.29 is 9.13 Å². The summed E-state index contributed by atoms with van der Waals surface area (Å²) in [6, 6.07) is 4.83. The van der Waals surface area contributed by atoms with E-state index in [0.717, 1.165) is 0 Å². The van der Waals surface area contributed by atoms with Gasteiger partial charge in [-0.15, -0.1) is 0 Å². The van der Waals surface area contributed by atoms with Gasteiger partial charge in [0.15, 0.2) is 11.6 Å². The van der Waals surface area contributed by atoms with Gasteiger partial charge in [0, 0.05) is 5.56 Å². The Balaban J connectivity index is 3.23. The minimum absolute atomic E-state index is 0.195. The van der Waals surface area contributed by atoms with Crippen LogP contribution in [0.2, 0.25) is 0 Å². The molecule has 0 aliphatic rings. The molecule has 0 aliphatic carbocycles. The first-order valence-corrected chi connectivity index (χ1v) is 3.78. The molecule has 4 heteroatoms. The van der Waals surface area contributed by atoms with Gasteiger partial charge in [-0.1, -0.05) is 6.07 Å². The van der Waals surface area contributed by atoms with Crippen molar-refractivity contribution in [2.24, 2.45) is 10.9 Å². The van der Waals surface area contributed by atoms with Crippen molar-refractivity contribution in [3.05, 3.63) is 29.6 Å². The molecule has 0 heterocycles. The lowest BCUT2D eigenvalue weighted by Crippen LogP contribution is -2.03. The lowest BCUT2D eigenvalue weighted by Gasteiger charge is -2.05. The highest BCUT2D eigenvalue weighted by Gasteiger charge is 2.09. The fourth-order valence-electron chi connectivity index (χ4n) is 1.02. The highest BCUT2D eigenvalue weighted by molar-refractivity contribution is 5.99. The van der Waals surface area contributed by atoms with Crippen LogP contribution in [0.5, 0.6) is 5.75 Å². The topological polar surface area (TPSA) is 47.6 Å². The summed E-state index contributed by atoms with van der Waals surface area (Å²) in [6.07, 6.45) is 0. The van der Waals surface area contributed by atoms with Gasteiger partial charge in [0.05, 0.1) is 12.8 Å². The van der Waals surface area contributed by atoms with Crippen molar-refractivity contribution in [2.75, 3.05) is 7.11 Å². The summed E-state index contributed by atoms with van der Waals surface area (Å²) in [5.41, 5.74) is 0.804. The number of methoxy groups -OCH3 is 1. The molecule has 0 atom stereocenters. The van der Waals surface area contributed by atoms with Gasteiger partial charge in [-0.25, -0.2) is 4.39 Å². The van der Waals surface area contributed by atoms with Gasteiger partial charge in [0.2, 0.25) is 0 Å². The molecule has 2 N–H and O–H groups in total. The van der Waals surface area contributed by atoms with Gasteiger partial charge in [0.1, 0.15) is 0 Å². The van der Waals surface area contributed by atoms with E-state index in [2.05, 4.69) is 5.10 Å². The Bertz CT molecular complexity index is 336. The number of hydrazone groups is 1. The molecule has 1 aromatic rings. The first kappa shape index (κ1) is 9.51. The van der Waals surface area contributed by atoms with Crippen LogP contribution < -0.4 is 10.6 Å². The molecule has 3 nitrogen and oxygen atoms in total. The fraction of sp³-hybridized carbons (Fsp3) is 0.222. The van der Waals surface area contributed by atoms with Gasteiger partial charge in [-0.3, -0.25) is 0 Å². The smallest absolute Gasteiger partial charge is 0.174 e. The monoisotopic (exact) mass is 182 g/mol. The van der Waals surface area contributed by atoms with Crippen LogP contribution in [-0.2, 0) is 0 Å². The second-order valence-corrected chi connectivity index (χ2v) is 2.54. The van der Waals surface area contributed by atoms with Crippen LogP contribution in [0.3, 0.4) is 0 Å². The summed E-state index contributed by atoms with van der Waals surface area (Å²) in [5.74, 6) is 4.81. The van der Waals surface area contributed by atoms with Gasteiger partial charge in [-0.05, 0) is 19.1 Å². The quantitative estimate of drug-likeness (QED) is 0.428. The van der Waals surface area contributed by atoms with E-state index in [1.807, 2.05) is 0 Å². The minimum Gasteiger partial charge on any atom is -0.494 e. The molecule has 0 aromatic heterocycles. The Hall–Kier alpha value is -1.58. The lowest BCUT2D eigenvalue weighted by molar-refractivity contribution is 0.386. The van der Waals surface area contributed by atoms with Crippen molar-refractivity contribution in [1.29, 1.82) is 0 Å². The van der Waals surface area contributed by atoms with Crippen LogP contribution in [0.4, 0.5) is 4.39 Å². The van der Waals surface area contributed by atoms with Gasteiger partial charge in [-0.2, -0.15) is 5.10 Å². The molecular weight excluding hydrogens is 171 g/mol. The number of halogens is 1. The van der Waals surface area contributed by atoms with Crippen molar-refractivity contribution in [3.63, 3.8) is 0 Å². The van der Waals surface area contributed by atoms with E-state index in [-0.39, 0.29) is 5.75 Å². The van der Waals surface area contributed by atoms with E-state index in [4.69, 9.17) is 10.6 Å². The summed E-state index contributed by atoms with van der Waals surface area (Å²) in [5, 5.41) is 3.42. The predicted octanol–water partition coefficient (Wildman–Crippen LogP) is 1.52. The molecule has 1 rings (SSSR count). The maximum atomic E-state index is 13.4. The van der Waals surface area contributed by atoms with E-state index < -0.39 is 5.82 Å². The molecule has 0 saturated heterocycles. The number of nitrogens with zero attached hydrogens (tertiary/aromatic N) is 1. The molecule has 0 radical (unpaired) electrons. The molecule has 0 saturated carbocycles. The molecular formula is C9H11FN2O. The third-order valence-electron chi connectivity index (χ3n) is 1.77. The second kappa shape index (κ2) is 3.89. The maximum Gasteiger partial charge on any atom is 0.174 e.